The summed E-state index contributed by atoms with van der Waals surface area (Å²) in [5.74, 6) is 0. The van der Waals surface area contributed by atoms with Crippen molar-refractivity contribution >= 4 is 0 Å². The quantitative estimate of drug-likeness (QED) is 0.144. The number of allylic oxidation sites excluding steroid dienone is 26. The Hall–Kier alpha value is -3.38. The van der Waals surface area contributed by atoms with Crippen LogP contribution in [-0.4, -0.2) is 0 Å². The van der Waals surface area contributed by atoms with Gasteiger partial charge in [-0.25, -0.2) is 0 Å². The van der Waals surface area contributed by atoms with Gasteiger partial charge in [0.2, 0.25) is 0 Å². The highest BCUT2D eigenvalue weighted by Gasteiger charge is 1.88. The summed E-state index contributed by atoms with van der Waals surface area (Å²) in [7, 11) is 0. The second-order valence-corrected chi connectivity index (χ2v) is 10.1. The Morgan fingerprint density at radius 3 is 1.11 bits per heavy atom. The van der Waals surface area contributed by atoms with E-state index in [1.165, 1.54) is 33.4 Å². The number of hydrogen-bond donors (Lipinski definition) is 0. The summed E-state index contributed by atoms with van der Waals surface area (Å²) >= 11 is 0. The Bertz CT molecular complexity index is 1050. The average molecular weight is 509 g/mol. The molecule has 0 spiro atoms. The van der Waals surface area contributed by atoms with Gasteiger partial charge in [0, 0.05) is 0 Å². The van der Waals surface area contributed by atoms with Gasteiger partial charge in [-0.05, 0) is 81.1 Å². The maximum atomic E-state index is 2.29. The third kappa shape index (κ3) is 25.7. The largest absolute Gasteiger partial charge is 0.0856 e. The van der Waals surface area contributed by atoms with Crippen LogP contribution in [0.5, 0.6) is 0 Å². The maximum Gasteiger partial charge on any atom is -0.0285 e. The van der Waals surface area contributed by atoms with Crippen molar-refractivity contribution in [1.29, 1.82) is 0 Å². The summed E-state index contributed by atoms with van der Waals surface area (Å²) in [6.07, 6.45) is 46.7. The van der Waals surface area contributed by atoms with Gasteiger partial charge >= 0.3 is 0 Å². The van der Waals surface area contributed by atoms with Gasteiger partial charge < -0.3 is 0 Å². The first-order chi connectivity index (χ1) is 18.2. The van der Waals surface area contributed by atoms with Gasteiger partial charge in [-0.3, -0.25) is 0 Å². The lowest BCUT2D eigenvalue weighted by Crippen LogP contribution is -1.76. The fraction of sp³-hybridized carbons (Fsp3) is 0.316. The van der Waals surface area contributed by atoms with Crippen LogP contribution in [0.4, 0.5) is 0 Å². The molecule has 0 amide bonds. The van der Waals surface area contributed by atoms with Crippen molar-refractivity contribution < 1.29 is 0 Å². The molecule has 0 bridgehead atoms. The van der Waals surface area contributed by atoms with Crippen LogP contribution in [0.3, 0.4) is 0 Å². The summed E-state index contributed by atoms with van der Waals surface area (Å²) in [5, 5.41) is 0. The molecule has 0 nitrogen and oxygen atoms in total. The van der Waals surface area contributed by atoms with Crippen molar-refractivity contribution in [2.24, 2.45) is 0 Å². The molecule has 0 atom stereocenters. The smallest absolute Gasteiger partial charge is 0.0285 e. The maximum absolute atomic E-state index is 2.29. The van der Waals surface area contributed by atoms with Crippen molar-refractivity contribution in [3.05, 3.63) is 155 Å². The Balaban J connectivity index is 4.40. The molecule has 204 valence electrons. The highest BCUT2D eigenvalue weighted by Crippen LogP contribution is 2.08. The summed E-state index contributed by atoms with van der Waals surface area (Å²) in [4.78, 5) is 0. The monoisotopic (exact) mass is 508 g/mol. The molecule has 0 fully saturated rings. The molecule has 0 aliphatic rings. The lowest BCUT2D eigenvalue weighted by atomic mass is 10.1. The fourth-order valence-electron chi connectivity index (χ4n) is 3.11. The second kappa shape index (κ2) is 24.0. The van der Waals surface area contributed by atoms with Gasteiger partial charge in [0.25, 0.3) is 0 Å². The standard InChI is InChI=1S/C38H52/c1-33(2)23-19-27-35(5)25-17-15-13-11-9-10-12-14-16-18-26-36(6)29-21-31-38(8)32-22-30-37(7)28-20-24-34(3)4/h9-18,21-26,29-32H,19-20,27-28H2,1-8H3. The minimum absolute atomic E-state index is 1.12. The lowest BCUT2D eigenvalue weighted by molar-refractivity contribution is 0.967. The Morgan fingerprint density at radius 2 is 0.684 bits per heavy atom. The molecule has 0 aromatic heterocycles. The van der Waals surface area contributed by atoms with Gasteiger partial charge in [-0.15, -0.1) is 0 Å². The molecule has 0 saturated heterocycles. The third-order valence-corrected chi connectivity index (χ3v) is 5.38. The minimum atomic E-state index is 1.12. The first kappa shape index (κ1) is 34.6. The van der Waals surface area contributed by atoms with E-state index in [1.807, 2.05) is 36.5 Å². The van der Waals surface area contributed by atoms with Gasteiger partial charge in [-0.1, -0.05) is 155 Å². The van der Waals surface area contributed by atoms with Gasteiger partial charge in [-0.2, -0.15) is 0 Å². The van der Waals surface area contributed by atoms with E-state index in [9.17, 15) is 0 Å². The van der Waals surface area contributed by atoms with Crippen molar-refractivity contribution in [3.63, 3.8) is 0 Å². The van der Waals surface area contributed by atoms with Crippen molar-refractivity contribution in [2.45, 2.75) is 81.1 Å². The average Bonchev–Trinajstić information content (AvgIpc) is 2.84. The highest BCUT2D eigenvalue weighted by molar-refractivity contribution is 5.30. The van der Waals surface area contributed by atoms with E-state index >= 15 is 0 Å². The number of rotatable bonds is 16. The van der Waals surface area contributed by atoms with Crippen LogP contribution in [0.1, 0.15) is 81.1 Å². The van der Waals surface area contributed by atoms with Gasteiger partial charge in [0.05, 0.1) is 0 Å². The molecular formula is C38H52. The van der Waals surface area contributed by atoms with E-state index in [0.29, 0.717) is 0 Å². The SMILES string of the molecule is CC(C)=CCCC(C)=CC=CC=CC=CC=CC=CC=C(C)C=CC=C(C)C=CC=C(C)CCC=C(C)C. The first-order valence-electron chi connectivity index (χ1n) is 13.8. The van der Waals surface area contributed by atoms with Crippen LogP contribution < -0.4 is 0 Å². The van der Waals surface area contributed by atoms with Crippen LogP contribution in [0.15, 0.2) is 155 Å². The summed E-state index contributed by atoms with van der Waals surface area (Å²) in [6, 6.07) is 0. The molecule has 0 aliphatic heterocycles. The molecule has 0 radical (unpaired) electrons. The molecular weight excluding hydrogens is 456 g/mol. The highest BCUT2D eigenvalue weighted by atomic mass is 13.9. The van der Waals surface area contributed by atoms with E-state index in [1.54, 1.807) is 0 Å². The van der Waals surface area contributed by atoms with E-state index in [0.717, 1.165) is 25.7 Å². The molecule has 0 aliphatic carbocycles. The van der Waals surface area contributed by atoms with E-state index in [-0.39, 0.29) is 0 Å². The summed E-state index contributed by atoms with van der Waals surface area (Å²) in [6.45, 7) is 17.2. The Morgan fingerprint density at radius 1 is 0.368 bits per heavy atom. The Kier molecular flexibility index (Phi) is 21.9. The Labute approximate surface area is 235 Å². The molecule has 38 heavy (non-hydrogen) atoms. The predicted molar refractivity (Wildman–Crippen MR) is 176 cm³/mol. The van der Waals surface area contributed by atoms with Crippen molar-refractivity contribution in [3.8, 4) is 0 Å². The third-order valence-electron chi connectivity index (χ3n) is 5.38. The fourth-order valence-corrected chi connectivity index (χ4v) is 3.11. The summed E-state index contributed by atoms with van der Waals surface area (Å²) in [5.41, 5.74) is 8.04. The minimum Gasteiger partial charge on any atom is -0.0856 e. The first-order valence-corrected chi connectivity index (χ1v) is 13.8. The lowest BCUT2D eigenvalue weighted by Gasteiger charge is -1.96. The molecule has 0 rings (SSSR count). The van der Waals surface area contributed by atoms with Gasteiger partial charge in [0.15, 0.2) is 0 Å². The van der Waals surface area contributed by atoms with E-state index in [2.05, 4.69) is 140 Å². The zero-order valence-electron chi connectivity index (χ0n) is 25.4. The van der Waals surface area contributed by atoms with Crippen LogP contribution in [-0.2, 0) is 0 Å². The zero-order valence-corrected chi connectivity index (χ0v) is 25.4. The predicted octanol–water partition coefficient (Wildman–Crippen LogP) is 12.2. The molecule has 0 heterocycles. The topological polar surface area (TPSA) is 0 Å². The number of hydrogen-bond acceptors (Lipinski definition) is 0. The van der Waals surface area contributed by atoms with Crippen LogP contribution in [0.2, 0.25) is 0 Å². The second-order valence-electron chi connectivity index (χ2n) is 10.1. The van der Waals surface area contributed by atoms with Crippen molar-refractivity contribution in [2.75, 3.05) is 0 Å². The molecule has 0 aromatic carbocycles. The van der Waals surface area contributed by atoms with Crippen LogP contribution >= 0.6 is 0 Å². The van der Waals surface area contributed by atoms with Gasteiger partial charge in [0.1, 0.15) is 0 Å². The zero-order chi connectivity index (χ0) is 28.4. The van der Waals surface area contributed by atoms with Crippen molar-refractivity contribution in [1.82, 2.24) is 0 Å². The normalized spacial score (nSPS) is 14.6. The van der Waals surface area contributed by atoms with Crippen LogP contribution in [0, 0.1) is 0 Å². The van der Waals surface area contributed by atoms with E-state index in [4.69, 9.17) is 0 Å². The molecule has 0 saturated carbocycles. The molecule has 0 aromatic rings. The molecule has 0 N–H and O–H groups in total. The molecule has 0 heteroatoms. The van der Waals surface area contributed by atoms with Crippen LogP contribution in [0.25, 0.3) is 0 Å². The molecule has 0 unspecified atom stereocenters. The summed E-state index contributed by atoms with van der Waals surface area (Å²) < 4.78 is 0. The van der Waals surface area contributed by atoms with E-state index < -0.39 is 0 Å².